The fourth-order valence-electron chi connectivity index (χ4n) is 1.20. The molecule has 0 radical (unpaired) electrons. The summed E-state index contributed by atoms with van der Waals surface area (Å²) >= 11 is 6.72. The lowest BCUT2D eigenvalue weighted by Crippen LogP contribution is -2.30. The number of amides is 1. The van der Waals surface area contributed by atoms with Crippen LogP contribution in [0.2, 0.25) is 0 Å². The minimum absolute atomic E-state index is 0.0229. The van der Waals surface area contributed by atoms with E-state index in [-0.39, 0.29) is 5.91 Å². The highest BCUT2D eigenvalue weighted by molar-refractivity contribution is 9.11. The number of halogens is 2. The fraction of sp³-hybridized carbons (Fsp3) is 0.364. The van der Waals surface area contributed by atoms with E-state index in [2.05, 4.69) is 31.9 Å². The number of benzene rings is 1. The molecule has 0 unspecified atom stereocenters. The largest absolute Gasteiger partial charge is 0.383 e. The van der Waals surface area contributed by atoms with Crippen LogP contribution in [0.5, 0.6) is 0 Å². The first kappa shape index (κ1) is 13.7. The highest BCUT2D eigenvalue weighted by Crippen LogP contribution is 2.22. The molecule has 88 valence electrons. The summed E-state index contributed by atoms with van der Waals surface area (Å²) in [6.07, 6.45) is 0. The van der Waals surface area contributed by atoms with Gasteiger partial charge in [0.15, 0.2) is 0 Å². The van der Waals surface area contributed by atoms with Crippen molar-refractivity contribution in [1.82, 2.24) is 4.90 Å². The van der Waals surface area contributed by atoms with Gasteiger partial charge in [0.05, 0.1) is 12.2 Å². The molecule has 0 heterocycles. The number of rotatable bonds is 4. The number of nitrogens with zero attached hydrogens (tertiary/aromatic N) is 1. The van der Waals surface area contributed by atoms with Gasteiger partial charge in [-0.2, -0.15) is 0 Å². The van der Waals surface area contributed by atoms with Crippen LogP contribution in [0, 0.1) is 0 Å². The molecular weight excluding hydrogens is 338 g/mol. The monoisotopic (exact) mass is 349 g/mol. The zero-order valence-corrected chi connectivity index (χ0v) is 12.3. The molecule has 0 aliphatic rings. The van der Waals surface area contributed by atoms with Crippen molar-refractivity contribution >= 4 is 37.8 Å². The molecule has 0 saturated carbocycles. The standard InChI is InChI=1S/C11H13Br2NO2/c1-14(5-6-16-2)11(15)9-7-8(12)3-4-10(9)13/h3-4,7H,5-6H2,1-2H3. The first-order chi connectivity index (χ1) is 7.56. The van der Waals surface area contributed by atoms with Gasteiger partial charge in [-0.1, -0.05) is 15.9 Å². The summed E-state index contributed by atoms with van der Waals surface area (Å²) in [4.78, 5) is 13.7. The van der Waals surface area contributed by atoms with E-state index in [0.717, 1.165) is 8.95 Å². The second kappa shape index (κ2) is 6.37. The van der Waals surface area contributed by atoms with E-state index in [4.69, 9.17) is 4.74 Å². The van der Waals surface area contributed by atoms with E-state index in [1.165, 1.54) is 0 Å². The molecule has 0 spiro atoms. The summed E-state index contributed by atoms with van der Waals surface area (Å²) in [6.45, 7) is 1.11. The van der Waals surface area contributed by atoms with Gasteiger partial charge in [0.2, 0.25) is 0 Å². The first-order valence-electron chi connectivity index (χ1n) is 4.75. The molecular formula is C11H13Br2NO2. The molecule has 0 aliphatic carbocycles. The quantitative estimate of drug-likeness (QED) is 0.835. The molecule has 0 atom stereocenters. The average molecular weight is 351 g/mol. The Morgan fingerprint density at radius 1 is 1.44 bits per heavy atom. The van der Waals surface area contributed by atoms with Crippen molar-refractivity contribution in [3.05, 3.63) is 32.7 Å². The van der Waals surface area contributed by atoms with E-state index in [0.29, 0.717) is 18.7 Å². The van der Waals surface area contributed by atoms with Gasteiger partial charge in [-0.15, -0.1) is 0 Å². The number of carbonyl (C=O) groups excluding carboxylic acids is 1. The second-order valence-corrected chi connectivity index (χ2v) is 5.11. The smallest absolute Gasteiger partial charge is 0.254 e. The Bertz CT molecular complexity index is 382. The van der Waals surface area contributed by atoms with Crippen LogP contribution in [-0.4, -0.2) is 38.1 Å². The maximum Gasteiger partial charge on any atom is 0.254 e. The third-order valence-electron chi connectivity index (χ3n) is 2.14. The minimum Gasteiger partial charge on any atom is -0.383 e. The predicted octanol–water partition coefficient (Wildman–Crippen LogP) is 2.93. The zero-order valence-electron chi connectivity index (χ0n) is 9.17. The van der Waals surface area contributed by atoms with Crippen molar-refractivity contribution in [2.45, 2.75) is 0 Å². The second-order valence-electron chi connectivity index (χ2n) is 3.34. The number of hydrogen-bond donors (Lipinski definition) is 0. The van der Waals surface area contributed by atoms with Crippen molar-refractivity contribution in [2.75, 3.05) is 27.3 Å². The van der Waals surface area contributed by atoms with Crippen LogP contribution in [-0.2, 0) is 4.74 Å². The Morgan fingerprint density at radius 2 is 2.12 bits per heavy atom. The summed E-state index contributed by atoms with van der Waals surface area (Å²) in [6, 6.07) is 5.53. The molecule has 1 aromatic rings. The fourth-order valence-corrected chi connectivity index (χ4v) is 1.97. The number of carbonyl (C=O) groups is 1. The van der Waals surface area contributed by atoms with E-state index in [9.17, 15) is 4.79 Å². The molecule has 1 amide bonds. The van der Waals surface area contributed by atoms with Gasteiger partial charge in [0.25, 0.3) is 5.91 Å². The molecule has 16 heavy (non-hydrogen) atoms. The number of likely N-dealkylation sites (N-methyl/N-ethyl adjacent to an activating group) is 1. The Labute approximate surface area is 112 Å². The molecule has 0 saturated heterocycles. The van der Waals surface area contributed by atoms with Crippen molar-refractivity contribution in [3.8, 4) is 0 Å². The average Bonchev–Trinajstić information content (AvgIpc) is 2.28. The lowest BCUT2D eigenvalue weighted by atomic mass is 10.2. The van der Waals surface area contributed by atoms with Crippen LogP contribution >= 0.6 is 31.9 Å². The van der Waals surface area contributed by atoms with Gasteiger partial charge in [0.1, 0.15) is 0 Å². The number of ether oxygens (including phenoxy) is 1. The lowest BCUT2D eigenvalue weighted by Gasteiger charge is -2.17. The van der Waals surface area contributed by atoms with Gasteiger partial charge >= 0.3 is 0 Å². The zero-order chi connectivity index (χ0) is 12.1. The summed E-state index contributed by atoms with van der Waals surface area (Å²) < 4.78 is 6.62. The number of hydrogen-bond acceptors (Lipinski definition) is 2. The molecule has 0 N–H and O–H groups in total. The lowest BCUT2D eigenvalue weighted by molar-refractivity contribution is 0.0743. The van der Waals surface area contributed by atoms with Crippen LogP contribution < -0.4 is 0 Å². The molecule has 0 fully saturated rings. The molecule has 1 rings (SSSR count). The summed E-state index contributed by atoms with van der Waals surface area (Å²) in [5.74, 6) is -0.0229. The molecule has 1 aromatic carbocycles. The SMILES string of the molecule is COCCN(C)C(=O)c1cc(Br)ccc1Br. The van der Waals surface area contributed by atoms with Gasteiger partial charge < -0.3 is 9.64 Å². The third-order valence-corrected chi connectivity index (χ3v) is 3.32. The summed E-state index contributed by atoms with van der Waals surface area (Å²) in [5, 5.41) is 0. The van der Waals surface area contributed by atoms with Gasteiger partial charge in [0, 0.05) is 29.6 Å². The van der Waals surface area contributed by atoms with E-state index >= 15 is 0 Å². The van der Waals surface area contributed by atoms with Gasteiger partial charge in [-0.05, 0) is 34.1 Å². The Balaban J connectivity index is 2.83. The van der Waals surface area contributed by atoms with Crippen molar-refractivity contribution in [3.63, 3.8) is 0 Å². The van der Waals surface area contributed by atoms with Crippen molar-refractivity contribution in [1.29, 1.82) is 0 Å². The maximum atomic E-state index is 12.0. The van der Waals surface area contributed by atoms with Crippen LogP contribution in [0.15, 0.2) is 27.1 Å². The highest BCUT2D eigenvalue weighted by Gasteiger charge is 2.14. The van der Waals surface area contributed by atoms with E-state index < -0.39 is 0 Å². The molecule has 0 bridgehead atoms. The Hall–Kier alpha value is -0.390. The Morgan fingerprint density at radius 3 is 2.75 bits per heavy atom. The first-order valence-corrected chi connectivity index (χ1v) is 6.34. The van der Waals surface area contributed by atoms with E-state index in [1.807, 2.05) is 12.1 Å². The van der Waals surface area contributed by atoms with Gasteiger partial charge in [-0.25, -0.2) is 0 Å². The maximum absolute atomic E-state index is 12.0. The minimum atomic E-state index is -0.0229. The van der Waals surface area contributed by atoms with Crippen LogP contribution in [0.25, 0.3) is 0 Å². The summed E-state index contributed by atoms with van der Waals surface area (Å²) in [5.41, 5.74) is 0.646. The third kappa shape index (κ3) is 3.57. The highest BCUT2D eigenvalue weighted by atomic mass is 79.9. The topological polar surface area (TPSA) is 29.5 Å². The van der Waals surface area contributed by atoms with Crippen LogP contribution in [0.1, 0.15) is 10.4 Å². The molecule has 0 aromatic heterocycles. The van der Waals surface area contributed by atoms with Crippen molar-refractivity contribution < 1.29 is 9.53 Å². The summed E-state index contributed by atoms with van der Waals surface area (Å²) in [7, 11) is 3.38. The van der Waals surface area contributed by atoms with Gasteiger partial charge in [-0.3, -0.25) is 4.79 Å². The van der Waals surface area contributed by atoms with Crippen LogP contribution in [0.3, 0.4) is 0 Å². The molecule has 3 nitrogen and oxygen atoms in total. The van der Waals surface area contributed by atoms with Crippen molar-refractivity contribution in [2.24, 2.45) is 0 Å². The molecule has 5 heteroatoms. The molecule has 0 aliphatic heterocycles. The van der Waals surface area contributed by atoms with E-state index in [1.54, 1.807) is 25.1 Å². The normalized spacial score (nSPS) is 10.2. The van der Waals surface area contributed by atoms with Crippen LogP contribution in [0.4, 0.5) is 0 Å². The number of methoxy groups -OCH3 is 1. The Kier molecular flexibility index (Phi) is 5.44. The predicted molar refractivity (Wildman–Crippen MR) is 70.7 cm³/mol.